The van der Waals surface area contributed by atoms with E-state index < -0.39 is 24.1 Å². The maximum atomic E-state index is 12.6. The molecule has 0 radical (unpaired) electrons. The molecule has 1 fully saturated rings. The summed E-state index contributed by atoms with van der Waals surface area (Å²) in [5, 5.41) is 0. The average molecular weight is 369 g/mol. The summed E-state index contributed by atoms with van der Waals surface area (Å²) in [6.07, 6.45) is -0.909. The van der Waals surface area contributed by atoms with Crippen LogP contribution in [0, 0.1) is 0 Å². The number of carbonyl (C=O) groups is 3. The van der Waals surface area contributed by atoms with Crippen LogP contribution >= 0.6 is 0 Å². The van der Waals surface area contributed by atoms with Crippen molar-refractivity contribution < 1.29 is 28.6 Å². The average Bonchev–Trinajstić information content (AvgIpc) is 2.69. The first-order chi connectivity index (χ1) is 13.0. The zero-order chi connectivity index (χ0) is 19.6. The molecule has 27 heavy (non-hydrogen) atoms. The third-order valence-corrected chi connectivity index (χ3v) is 4.36. The minimum absolute atomic E-state index is 0.308. The molecule has 7 heteroatoms. The lowest BCUT2D eigenvalue weighted by Crippen LogP contribution is -2.60. The van der Waals surface area contributed by atoms with Crippen LogP contribution in [0.1, 0.15) is 28.9 Å². The van der Waals surface area contributed by atoms with Crippen LogP contribution in [0.25, 0.3) is 0 Å². The molecule has 0 unspecified atom stereocenters. The van der Waals surface area contributed by atoms with E-state index in [9.17, 15) is 14.4 Å². The van der Waals surface area contributed by atoms with Crippen LogP contribution in [0.3, 0.4) is 0 Å². The zero-order valence-corrected chi connectivity index (χ0v) is 15.2. The Morgan fingerprint density at radius 2 is 1.59 bits per heavy atom. The van der Waals surface area contributed by atoms with E-state index in [0.717, 1.165) is 5.56 Å². The molecular formula is C20H19NO6. The van der Waals surface area contributed by atoms with E-state index >= 15 is 0 Å². The Kier molecular flexibility index (Phi) is 5.12. The van der Waals surface area contributed by atoms with Crippen molar-refractivity contribution in [3.8, 4) is 5.75 Å². The van der Waals surface area contributed by atoms with E-state index in [-0.39, 0.29) is 5.91 Å². The Bertz CT molecular complexity index is 859. The molecule has 1 aliphatic heterocycles. The number of anilines is 1. The van der Waals surface area contributed by atoms with Crippen molar-refractivity contribution >= 4 is 23.5 Å². The first kappa shape index (κ1) is 18.4. The fraction of sp³-hybridized carbons (Fsp3) is 0.250. The molecule has 1 heterocycles. The molecule has 2 aromatic rings. The van der Waals surface area contributed by atoms with Gasteiger partial charge < -0.3 is 14.2 Å². The number of hydrogen-bond donors (Lipinski definition) is 0. The topological polar surface area (TPSA) is 82.1 Å². The third-order valence-electron chi connectivity index (χ3n) is 4.36. The second kappa shape index (κ2) is 7.49. The summed E-state index contributed by atoms with van der Waals surface area (Å²) in [6.45, 7) is 1.26. The SMILES string of the molecule is COC(=O)c1ccc([C@@H]2[C@@H](OC(C)=O)C(=O)N2c2ccc(OC)cc2)cc1. The molecule has 0 spiro atoms. The van der Waals surface area contributed by atoms with Gasteiger partial charge in [-0.15, -0.1) is 0 Å². The Morgan fingerprint density at radius 1 is 0.963 bits per heavy atom. The first-order valence-corrected chi connectivity index (χ1v) is 8.29. The summed E-state index contributed by atoms with van der Waals surface area (Å²) in [7, 11) is 2.87. The number of amides is 1. The fourth-order valence-corrected chi connectivity index (χ4v) is 3.04. The molecule has 140 valence electrons. The van der Waals surface area contributed by atoms with Gasteiger partial charge in [0.15, 0.2) is 0 Å². The number of benzene rings is 2. The predicted molar refractivity (Wildman–Crippen MR) is 96.6 cm³/mol. The fourth-order valence-electron chi connectivity index (χ4n) is 3.04. The van der Waals surface area contributed by atoms with E-state index in [1.807, 2.05) is 0 Å². The molecule has 7 nitrogen and oxygen atoms in total. The summed E-state index contributed by atoms with van der Waals surface area (Å²) in [6, 6.07) is 13.2. The van der Waals surface area contributed by atoms with Crippen LogP contribution in [0.4, 0.5) is 5.69 Å². The predicted octanol–water partition coefficient (Wildman–Crippen LogP) is 2.50. The number of ether oxygens (including phenoxy) is 3. The number of β-lactam (4-membered cyclic amide) rings is 1. The van der Waals surface area contributed by atoms with Crippen LogP contribution in [-0.2, 0) is 19.1 Å². The highest BCUT2D eigenvalue weighted by atomic mass is 16.6. The Labute approximate surface area is 156 Å². The van der Waals surface area contributed by atoms with Gasteiger partial charge in [-0.2, -0.15) is 0 Å². The highest BCUT2D eigenvalue weighted by Crippen LogP contribution is 2.41. The van der Waals surface area contributed by atoms with E-state index in [0.29, 0.717) is 17.0 Å². The van der Waals surface area contributed by atoms with Crippen LogP contribution in [0.15, 0.2) is 48.5 Å². The molecule has 0 N–H and O–H groups in total. The van der Waals surface area contributed by atoms with Gasteiger partial charge in [-0.25, -0.2) is 4.79 Å². The maximum absolute atomic E-state index is 12.6. The molecule has 1 saturated heterocycles. The summed E-state index contributed by atoms with van der Waals surface area (Å²) in [5.41, 5.74) is 1.79. The maximum Gasteiger partial charge on any atom is 0.337 e. The largest absolute Gasteiger partial charge is 0.497 e. The monoisotopic (exact) mass is 369 g/mol. The number of hydrogen-bond acceptors (Lipinski definition) is 6. The Morgan fingerprint density at radius 3 is 2.11 bits per heavy atom. The third kappa shape index (κ3) is 3.48. The van der Waals surface area contributed by atoms with Gasteiger partial charge in [0.2, 0.25) is 6.10 Å². The normalized spacial score (nSPS) is 18.5. The molecule has 2 aromatic carbocycles. The molecule has 1 amide bonds. The van der Waals surface area contributed by atoms with Crippen molar-refractivity contribution in [2.45, 2.75) is 19.1 Å². The number of methoxy groups -OCH3 is 2. The minimum Gasteiger partial charge on any atom is -0.497 e. The first-order valence-electron chi connectivity index (χ1n) is 8.29. The van der Waals surface area contributed by atoms with Gasteiger partial charge >= 0.3 is 11.9 Å². The number of rotatable bonds is 5. The lowest BCUT2D eigenvalue weighted by atomic mass is 9.89. The molecular weight excluding hydrogens is 350 g/mol. The van der Waals surface area contributed by atoms with Crippen LogP contribution in [0.2, 0.25) is 0 Å². The number of esters is 2. The lowest BCUT2D eigenvalue weighted by molar-refractivity contribution is -0.160. The Hall–Kier alpha value is -3.35. The molecule has 0 bridgehead atoms. The van der Waals surface area contributed by atoms with Crippen LogP contribution in [0.5, 0.6) is 5.75 Å². The second-order valence-electron chi connectivity index (χ2n) is 5.99. The highest BCUT2D eigenvalue weighted by Gasteiger charge is 2.51. The summed E-state index contributed by atoms with van der Waals surface area (Å²) >= 11 is 0. The highest BCUT2D eigenvalue weighted by molar-refractivity contribution is 6.06. The molecule has 0 saturated carbocycles. The molecule has 0 aromatic heterocycles. The van der Waals surface area contributed by atoms with E-state index in [1.165, 1.54) is 14.0 Å². The number of carbonyl (C=O) groups excluding carboxylic acids is 3. The standard InChI is InChI=1S/C20H19NO6/c1-12(22)27-18-17(13-4-6-14(7-5-13)20(24)26-3)21(19(18)23)15-8-10-16(25-2)11-9-15/h4-11,17-18H,1-3H3/t17-,18-/m1/s1. The molecule has 3 rings (SSSR count). The van der Waals surface area contributed by atoms with Crippen molar-refractivity contribution in [3.05, 3.63) is 59.7 Å². The molecule has 1 aliphatic rings. The van der Waals surface area contributed by atoms with Crippen LogP contribution < -0.4 is 9.64 Å². The van der Waals surface area contributed by atoms with E-state index in [4.69, 9.17) is 14.2 Å². The van der Waals surface area contributed by atoms with Crippen molar-refractivity contribution in [1.29, 1.82) is 0 Å². The van der Waals surface area contributed by atoms with E-state index in [2.05, 4.69) is 0 Å². The summed E-state index contributed by atoms with van der Waals surface area (Å²) < 4.78 is 15.1. The number of nitrogens with zero attached hydrogens (tertiary/aromatic N) is 1. The van der Waals surface area contributed by atoms with Gasteiger partial charge in [0.05, 0.1) is 19.8 Å². The minimum atomic E-state index is -0.909. The van der Waals surface area contributed by atoms with Gasteiger partial charge in [0.25, 0.3) is 5.91 Å². The zero-order valence-electron chi connectivity index (χ0n) is 15.2. The van der Waals surface area contributed by atoms with Crippen molar-refractivity contribution in [2.75, 3.05) is 19.1 Å². The van der Waals surface area contributed by atoms with Crippen LogP contribution in [-0.4, -0.2) is 38.2 Å². The Balaban J connectivity index is 1.93. The van der Waals surface area contributed by atoms with Crippen molar-refractivity contribution in [3.63, 3.8) is 0 Å². The van der Waals surface area contributed by atoms with Gasteiger partial charge in [0, 0.05) is 12.6 Å². The van der Waals surface area contributed by atoms with Crippen molar-refractivity contribution in [1.82, 2.24) is 0 Å². The lowest BCUT2D eigenvalue weighted by Gasteiger charge is -2.46. The summed E-state index contributed by atoms with van der Waals surface area (Å²) in [5.74, 6) is -0.617. The van der Waals surface area contributed by atoms with Gasteiger partial charge in [-0.3, -0.25) is 14.5 Å². The van der Waals surface area contributed by atoms with Gasteiger partial charge in [-0.05, 0) is 42.0 Å². The second-order valence-corrected chi connectivity index (χ2v) is 5.99. The smallest absolute Gasteiger partial charge is 0.337 e. The van der Waals surface area contributed by atoms with E-state index in [1.54, 1.807) is 60.5 Å². The van der Waals surface area contributed by atoms with Crippen molar-refractivity contribution in [2.24, 2.45) is 0 Å². The van der Waals surface area contributed by atoms with Gasteiger partial charge in [-0.1, -0.05) is 12.1 Å². The molecule has 0 aliphatic carbocycles. The van der Waals surface area contributed by atoms with Gasteiger partial charge in [0.1, 0.15) is 11.8 Å². The molecule has 2 atom stereocenters. The summed E-state index contributed by atoms with van der Waals surface area (Å²) in [4.78, 5) is 37.2. The quantitative estimate of drug-likeness (QED) is 0.595.